The molecule has 0 unspecified atom stereocenters. The average molecular weight is 296 g/mol. The van der Waals surface area contributed by atoms with Crippen molar-refractivity contribution < 1.29 is 18.3 Å². The topological polar surface area (TPSA) is 30.5 Å². The molecule has 0 aliphatic heterocycles. The summed E-state index contributed by atoms with van der Waals surface area (Å²) >= 11 is 3.00. The molecular weight excluding hydrogens is 284 g/mol. The molecule has 0 spiro atoms. The Bertz CT molecular complexity index is 336. The zero-order chi connectivity index (χ0) is 12.1. The molecule has 16 heavy (non-hydrogen) atoms. The van der Waals surface area contributed by atoms with Crippen LogP contribution >= 0.6 is 15.9 Å². The number of halogens is 3. The molecule has 90 valence electrons. The number of ether oxygens (including phenoxy) is 2. The molecule has 1 N–H and O–H groups in total. The molecule has 1 rings (SSSR count). The van der Waals surface area contributed by atoms with Crippen molar-refractivity contribution in [2.75, 3.05) is 26.1 Å². The van der Waals surface area contributed by atoms with Gasteiger partial charge >= 0.3 is 0 Å². The first-order chi connectivity index (χ1) is 7.58. The molecule has 0 saturated carbocycles. The lowest BCUT2D eigenvalue weighted by molar-refractivity contribution is -0.0914. The van der Waals surface area contributed by atoms with E-state index in [1.54, 1.807) is 0 Å². The van der Waals surface area contributed by atoms with E-state index in [-0.39, 0.29) is 12.2 Å². The molecule has 0 amide bonds. The maximum Gasteiger partial charge on any atom is 0.173 e. The van der Waals surface area contributed by atoms with Crippen molar-refractivity contribution in [3.8, 4) is 0 Å². The van der Waals surface area contributed by atoms with E-state index in [1.807, 2.05) is 0 Å². The fraction of sp³-hybridized carbons (Fsp3) is 0.400. The fourth-order valence-corrected chi connectivity index (χ4v) is 1.56. The first-order valence-corrected chi connectivity index (χ1v) is 5.31. The minimum absolute atomic E-state index is 0.155. The van der Waals surface area contributed by atoms with E-state index in [0.29, 0.717) is 4.47 Å². The van der Waals surface area contributed by atoms with Crippen LogP contribution in [-0.2, 0) is 9.47 Å². The van der Waals surface area contributed by atoms with Gasteiger partial charge in [0.05, 0.1) is 6.54 Å². The highest BCUT2D eigenvalue weighted by atomic mass is 79.9. The molecule has 0 atom stereocenters. The Balaban J connectivity index is 2.74. The van der Waals surface area contributed by atoms with E-state index in [1.165, 1.54) is 26.4 Å². The summed E-state index contributed by atoms with van der Waals surface area (Å²) in [6, 6.07) is 2.36. The van der Waals surface area contributed by atoms with Gasteiger partial charge < -0.3 is 14.8 Å². The highest BCUT2D eigenvalue weighted by Crippen LogP contribution is 2.23. The second-order valence-electron chi connectivity index (χ2n) is 3.03. The quantitative estimate of drug-likeness (QED) is 0.848. The largest absolute Gasteiger partial charge is 0.375 e. The van der Waals surface area contributed by atoms with Gasteiger partial charge in [-0.1, -0.05) is 15.9 Å². The number of hydrogen-bond donors (Lipinski definition) is 1. The molecule has 3 nitrogen and oxygen atoms in total. The van der Waals surface area contributed by atoms with Crippen LogP contribution < -0.4 is 5.32 Å². The van der Waals surface area contributed by atoms with Gasteiger partial charge in [0.25, 0.3) is 0 Å². The van der Waals surface area contributed by atoms with Crippen LogP contribution in [0.4, 0.5) is 14.5 Å². The molecule has 0 radical (unpaired) electrons. The smallest absolute Gasteiger partial charge is 0.173 e. The van der Waals surface area contributed by atoms with Crippen molar-refractivity contribution >= 4 is 21.6 Å². The van der Waals surface area contributed by atoms with Crippen LogP contribution in [0.25, 0.3) is 0 Å². The predicted octanol–water partition coefficient (Wildman–Crippen LogP) is 2.76. The van der Waals surface area contributed by atoms with E-state index in [0.717, 1.165) is 0 Å². The molecule has 0 aliphatic carbocycles. The van der Waals surface area contributed by atoms with Gasteiger partial charge in [-0.3, -0.25) is 0 Å². The van der Waals surface area contributed by atoms with Gasteiger partial charge in [0.2, 0.25) is 0 Å². The molecule has 0 bridgehead atoms. The monoisotopic (exact) mass is 295 g/mol. The molecule has 0 aromatic heterocycles. The van der Waals surface area contributed by atoms with Crippen LogP contribution in [0.15, 0.2) is 16.6 Å². The van der Waals surface area contributed by atoms with Crippen LogP contribution in [0.3, 0.4) is 0 Å². The standard InChI is InChI=1S/C10H12BrF2NO2/c1-15-9(16-2)5-14-10-7(12)3-6(11)4-8(10)13/h3-4,9,14H,5H2,1-2H3. The van der Waals surface area contributed by atoms with Crippen molar-refractivity contribution in [3.63, 3.8) is 0 Å². The number of anilines is 1. The summed E-state index contributed by atoms with van der Waals surface area (Å²) in [5.41, 5.74) is -0.192. The maximum absolute atomic E-state index is 13.4. The molecule has 0 fully saturated rings. The second kappa shape index (κ2) is 6.12. The van der Waals surface area contributed by atoms with E-state index in [9.17, 15) is 8.78 Å². The Kier molecular flexibility index (Phi) is 5.11. The Hall–Kier alpha value is -0.720. The Labute approximate surface area is 101 Å². The van der Waals surface area contributed by atoms with Gasteiger partial charge in [-0.2, -0.15) is 0 Å². The van der Waals surface area contributed by atoms with E-state index in [2.05, 4.69) is 21.2 Å². The number of methoxy groups -OCH3 is 2. The molecule has 0 aliphatic rings. The Morgan fingerprint density at radius 2 is 1.75 bits per heavy atom. The predicted molar refractivity (Wildman–Crippen MR) is 60.4 cm³/mol. The molecular formula is C10H12BrF2NO2. The zero-order valence-corrected chi connectivity index (χ0v) is 10.5. The lowest BCUT2D eigenvalue weighted by Gasteiger charge is -2.15. The molecule has 1 aromatic rings. The minimum Gasteiger partial charge on any atom is -0.375 e. The summed E-state index contributed by atoms with van der Waals surface area (Å²) in [6.07, 6.45) is -0.553. The summed E-state index contributed by atoms with van der Waals surface area (Å²) in [5, 5.41) is 2.59. The van der Waals surface area contributed by atoms with E-state index < -0.39 is 17.9 Å². The van der Waals surface area contributed by atoms with Gasteiger partial charge in [0.15, 0.2) is 6.29 Å². The maximum atomic E-state index is 13.4. The highest BCUT2D eigenvalue weighted by Gasteiger charge is 2.12. The van der Waals surface area contributed by atoms with Crippen LogP contribution in [0.1, 0.15) is 0 Å². The number of hydrogen-bond acceptors (Lipinski definition) is 3. The third kappa shape index (κ3) is 3.40. The van der Waals surface area contributed by atoms with Gasteiger partial charge in [-0.05, 0) is 12.1 Å². The third-order valence-electron chi connectivity index (χ3n) is 1.98. The highest BCUT2D eigenvalue weighted by molar-refractivity contribution is 9.10. The van der Waals surface area contributed by atoms with Crippen LogP contribution in [-0.4, -0.2) is 27.1 Å². The first kappa shape index (κ1) is 13.3. The fourth-order valence-electron chi connectivity index (χ4n) is 1.16. The number of benzene rings is 1. The summed E-state index contributed by atoms with van der Waals surface area (Å²) in [5.74, 6) is -1.34. The Morgan fingerprint density at radius 1 is 1.25 bits per heavy atom. The zero-order valence-electron chi connectivity index (χ0n) is 8.89. The summed E-state index contributed by atoms with van der Waals surface area (Å²) in [4.78, 5) is 0. The normalized spacial score (nSPS) is 10.9. The van der Waals surface area contributed by atoms with Crippen LogP contribution in [0.2, 0.25) is 0 Å². The van der Waals surface area contributed by atoms with Crippen molar-refractivity contribution in [2.45, 2.75) is 6.29 Å². The van der Waals surface area contributed by atoms with Crippen molar-refractivity contribution in [3.05, 3.63) is 28.2 Å². The van der Waals surface area contributed by atoms with E-state index in [4.69, 9.17) is 9.47 Å². The van der Waals surface area contributed by atoms with E-state index >= 15 is 0 Å². The lowest BCUT2D eigenvalue weighted by Crippen LogP contribution is -2.24. The minimum atomic E-state index is -0.669. The number of rotatable bonds is 5. The van der Waals surface area contributed by atoms with Gasteiger partial charge in [0.1, 0.15) is 17.3 Å². The van der Waals surface area contributed by atoms with Crippen molar-refractivity contribution in [1.82, 2.24) is 0 Å². The number of nitrogens with one attached hydrogen (secondary N) is 1. The summed E-state index contributed by atoms with van der Waals surface area (Å²) in [6.45, 7) is 0.155. The van der Waals surface area contributed by atoms with Gasteiger partial charge in [-0.25, -0.2) is 8.78 Å². The molecule has 6 heteroatoms. The van der Waals surface area contributed by atoms with Crippen LogP contribution in [0, 0.1) is 11.6 Å². The van der Waals surface area contributed by atoms with Gasteiger partial charge in [0, 0.05) is 18.7 Å². The molecule has 0 saturated heterocycles. The van der Waals surface area contributed by atoms with Crippen molar-refractivity contribution in [1.29, 1.82) is 0 Å². The average Bonchev–Trinajstić information content (AvgIpc) is 2.22. The SMILES string of the molecule is COC(CNc1c(F)cc(Br)cc1F)OC. The summed E-state index contributed by atoms with van der Waals surface area (Å²) in [7, 11) is 2.90. The first-order valence-electron chi connectivity index (χ1n) is 4.52. The van der Waals surface area contributed by atoms with Crippen molar-refractivity contribution in [2.24, 2.45) is 0 Å². The Morgan fingerprint density at radius 3 is 2.19 bits per heavy atom. The molecule has 0 heterocycles. The molecule has 1 aromatic carbocycles. The van der Waals surface area contributed by atoms with Gasteiger partial charge in [-0.15, -0.1) is 0 Å². The third-order valence-corrected chi connectivity index (χ3v) is 2.44. The lowest BCUT2D eigenvalue weighted by atomic mass is 10.3. The van der Waals surface area contributed by atoms with Crippen LogP contribution in [0.5, 0.6) is 0 Å². The second-order valence-corrected chi connectivity index (χ2v) is 3.94. The summed E-state index contributed by atoms with van der Waals surface area (Å²) < 4.78 is 36.8.